The fourth-order valence-electron chi connectivity index (χ4n) is 5.76. The van der Waals surface area contributed by atoms with Crippen LogP contribution in [0.5, 0.6) is 0 Å². The number of carbonyl (C=O) groups excluding carboxylic acids is 6. The number of alkyl halides is 2. The second kappa shape index (κ2) is 10.6. The molecule has 3 rings (SSSR count). The Morgan fingerprint density at radius 3 is 2.26 bits per heavy atom. The number of rotatable bonds is 9. The third-order valence-electron chi connectivity index (χ3n) is 8.12. The van der Waals surface area contributed by atoms with E-state index in [-0.39, 0.29) is 36.1 Å². The smallest absolute Gasteiger partial charge is 0.315 e. The highest BCUT2D eigenvalue weighted by atomic mass is 19.3. The summed E-state index contributed by atoms with van der Waals surface area (Å²) in [4.78, 5) is 77.5. The third kappa shape index (κ3) is 5.65. The van der Waals surface area contributed by atoms with Crippen LogP contribution in [0.4, 0.5) is 8.78 Å². The molecule has 0 aromatic rings. The summed E-state index contributed by atoms with van der Waals surface area (Å²) in [5.74, 6) is -5.97. The number of ketones is 1. The van der Waals surface area contributed by atoms with Crippen LogP contribution < -0.4 is 21.3 Å². The summed E-state index contributed by atoms with van der Waals surface area (Å²) in [6.07, 6.45) is -2.96. The van der Waals surface area contributed by atoms with E-state index in [1.807, 2.05) is 13.8 Å². The van der Waals surface area contributed by atoms with E-state index >= 15 is 0 Å². The molecule has 0 aromatic heterocycles. The molecule has 4 N–H and O–H groups in total. The van der Waals surface area contributed by atoms with Gasteiger partial charge in [-0.25, -0.2) is 0 Å². The number of nitrogens with zero attached hydrogens (tertiary/aromatic N) is 1. The summed E-state index contributed by atoms with van der Waals surface area (Å²) in [5, 5.41) is 9.61. The lowest BCUT2D eigenvalue weighted by atomic mass is 9.85. The summed E-state index contributed by atoms with van der Waals surface area (Å²) in [6.45, 7) is 9.32. The molecule has 6 atom stereocenters. The highest BCUT2D eigenvalue weighted by Crippen LogP contribution is 2.65. The van der Waals surface area contributed by atoms with Crippen LogP contribution in [0.1, 0.15) is 47.5 Å². The molecule has 38 heavy (non-hydrogen) atoms. The first-order chi connectivity index (χ1) is 17.5. The maximum Gasteiger partial charge on any atom is 0.315 e. The van der Waals surface area contributed by atoms with E-state index in [0.29, 0.717) is 13.0 Å². The van der Waals surface area contributed by atoms with Crippen molar-refractivity contribution in [2.24, 2.45) is 28.6 Å². The zero-order valence-corrected chi connectivity index (χ0v) is 22.5. The minimum Gasteiger partial charge on any atom is -0.356 e. The molecular formula is C25H37F2N5O6. The van der Waals surface area contributed by atoms with Crippen molar-refractivity contribution >= 4 is 35.3 Å². The van der Waals surface area contributed by atoms with Crippen LogP contribution in [-0.4, -0.2) is 84.9 Å². The van der Waals surface area contributed by atoms with Crippen LogP contribution in [0.25, 0.3) is 0 Å². The van der Waals surface area contributed by atoms with Crippen LogP contribution in [0, 0.1) is 28.6 Å². The average molecular weight is 542 g/mol. The van der Waals surface area contributed by atoms with Gasteiger partial charge in [0.1, 0.15) is 12.1 Å². The molecular weight excluding hydrogens is 504 g/mol. The molecule has 1 aliphatic carbocycles. The van der Waals surface area contributed by atoms with Crippen molar-refractivity contribution in [2.45, 2.75) is 72.0 Å². The first-order valence-electron chi connectivity index (χ1n) is 12.7. The second-order valence-corrected chi connectivity index (χ2v) is 12.0. The van der Waals surface area contributed by atoms with Crippen molar-refractivity contribution in [3.63, 3.8) is 0 Å². The summed E-state index contributed by atoms with van der Waals surface area (Å²) in [7, 11) is 1.27. The molecule has 0 spiro atoms. The van der Waals surface area contributed by atoms with E-state index < -0.39 is 65.3 Å². The number of likely N-dealkylation sites (tertiary alicyclic amines) is 1. The fraction of sp³-hybridized carbons (Fsp3) is 0.760. The summed E-state index contributed by atoms with van der Waals surface area (Å²) >= 11 is 0. The van der Waals surface area contributed by atoms with Crippen LogP contribution in [0.15, 0.2) is 0 Å². The van der Waals surface area contributed by atoms with Crippen molar-refractivity contribution in [1.82, 2.24) is 26.2 Å². The van der Waals surface area contributed by atoms with E-state index in [1.165, 1.54) is 11.9 Å². The Morgan fingerprint density at radius 2 is 1.76 bits per heavy atom. The minimum atomic E-state index is -3.32. The predicted molar refractivity (Wildman–Crippen MR) is 130 cm³/mol. The van der Waals surface area contributed by atoms with E-state index in [0.717, 1.165) is 0 Å². The zero-order chi connectivity index (χ0) is 28.7. The molecule has 0 bridgehead atoms. The van der Waals surface area contributed by atoms with Gasteiger partial charge in [-0.05, 0) is 35.5 Å². The standard InChI is InChI=1S/C25H37F2N5O6/c1-24(2,3)17(31-22(37)18(26)27)23(38)32-10-12-14(25(12,4)5)15(32)20(35)30-13(16(33)21(36)28-6)9-11-7-8-29-19(11)34/h11-15,17-18H,7-10H2,1-6H3,(H,28,36)(H,29,34)(H,30,35)(H,31,37)/t11?,12-,13?,14-,15-,17?/m0/s1. The van der Waals surface area contributed by atoms with Gasteiger partial charge in [0.05, 0.1) is 6.04 Å². The molecule has 3 aliphatic rings. The van der Waals surface area contributed by atoms with Gasteiger partial charge in [0.2, 0.25) is 23.5 Å². The molecule has 212 valence electrons. The number of piperidine rings is 1. The first kappa shape index (κ1) is 29.4. The van der Waals surface area contributed by atoms with E-state index in [4.69, 9.17) is 0 Å². The van der Waals surface area contributed by atoms with Gasteiger partial charge >= 0.3 is 6.43 Å². The van der Waals surface area contributed by atoms with Crippen molar-refractivity contribution in [3.05, 3.63) is 0 Å². The molecule has 0 radical (unpaired) electrons. The van der Waals surface area contributed by atoms with Gasteiger partial charge < -0.3 is 26.2 Å². The molecule has 0 aromatic carbocycles. The van der Waals surface area contributed by atoms with Gasteiger partial charge in [-0.15, -0.1) is 0 Å². The highest BCUT2D eigenvalue weighted by molar-refractivity contribution is 6.38. The number of carbonyl (C=O) groups is 6. The van der Waals surface area contributed by atoms with Gasteiger partial charge in [-0.2, -0.15) is 8.78 Å². The second-order valence-electron chi connectivity index (χ2n) is 12.0. The van der Waals surface area contributed by atoms with Crippen molar-refractivity contribution in [3.8, 4) is 0 Å². The molecule has 5 amide bonds. The Morgan fingerprint density at radius 1 is 1.13 bits per heavy atom. The third-order valence-corrected chi connectivity index (χ3v) is 8.12. The Labute approximate surface area is 220 Å². The van der Waals surface area contributed by atoms with E-state index in [9.17, 15) is 37.5 Å². The lowest BCUT2D eigenvalue weighted by molar-refractivity contribution is -0.148. The normalized spacial score (nSPS) is 27.2. The SMILES string of the molecule is CNC(=O)C(=O)C(CC1CCNC1=O)NC(=O)[C@@H]1[C@@H]2[C@H](CN1C(=O)C(NC(=O)C(F)F)C(C)(C)C)C2(C)C. The van der Waals surface area contributed by atoms with Gasteiger partial charge in [-0.3, -0.25) is 28.8 Å². The molecule has 3 fully saturated rings. The van der Waals surface area contributed by atoms with Crippen LogP contribution in [0.2, 0.25) is 0 Å². The zero-order valence-electron chi connectivity index (χ0n) is 22.5. The number of halogens is 2. The van der Waals surface area contributed by atoms with Crippen LogP contribution in [-0.2, 0) is 28.8 Å². The minimum absolute atomic E-state index is 0.0534. The number of hydrogen-bond acceptors (Lipinski definition) is 6. The Balaban J connectivity index is 1.88. The number of likely N-dealkylation sites (N-methyl/N-ethyl adjacent to an activating group) is 1. The maximum atomic E-state index is 13.7. The molecule has 1 saturated carbocycles. The van der Waals surface area contributed by atoms with Gasteiger partial charge in [0, 0.05) is 26.1 Å². The summed E-state index contributed by atoms with van der Waals surface area (Å²) < 4.78 is 26.0. The van der Waals surface area contributed by atoms with Gasteiger partial charge in [-0.1, -0.05) is 34.6 Å². The Bertz CT molecular complexity index is 1030. The lowest BCUT2D eigenvalue weighted by Gasteiger charge is -2.38. The monoisotopic (exact) mass is 541 g/mol. The predicted octanol–water partition coefficient (Wildman–Crippen LogP) is -0.408. The lowest BCUT2D eigenvalue weighted by Crippen LogP contribution is -2.61. The number of amides is 5. The first-order valence-corrected chi connectivity index (χ1v) is 12.7. The molecule has 13 heteroatoms. The van der Waals surface area contributed by atoms with E-state index in [2.05, 4.69) is 21.3 Å². The molecule has 11 nitrogen and oxygen atoms in total. The maximum absolute atomic E-state index is 13.7. The summed E-state index contributed by atoms with van der Waals surface area (Å²) in [5.41, 5.74) is -1.24. The number of Topliss-reactive ketones (excluding diaryl/α,β-unsaturated/α-hetero) is 1. The van der Waals surface area contributed by atoms with Crippen molar-refractivity contribution in [1.29, 1.82) is 0 Å². The fourth-order valence-corrected chi connectivity index (χ4v) is 5.76. The number of hydrogen-bond donors (Lipinski definition) is 4. The number of fused-ring (bicyclic) bond motifs is 1. The van der Waals surface area contributed by atoms with Crippen LogP contribution >= 0.6 is 0 Å². The largest absolute Gasteiger partial charge is 0.356 e. The summed E-state index contributed by atoms with van der Waals surface area (Å²) in [6, 6.07) is -3.68. The van der Waals surface area contributed by atoms with E-state index in [1.54, 1.807) is 20.8 Å². The Kier molecular flexibility index (Phi) is 8.18. The van der Waals surface area contributed by atoms with Crippen molar-refractivity contribution in [2.75, 3.05) is 20.1 Å². The van der Waals surface area contributed by atoms with Crippen molar-refractivity contribution < 1.29 is 37.5 Å². The molecule has 2 aliphatic heterocycles. The van der Waals surface area contributed by atoms with Crippen LogP contribution in [0.3, 0.4) is 0 Å². The molecule has 3 unspecified atom stereocenters. The Hall–Kier alpha value is -3.12. The molecule has 2 saturated heterocycles. The quantitative estimate of drug-likeness (QED) is 0.291. The van der Waals surface area contributed by atoms with Gasteiger partial charge in [0.15, 0.2) is 0 Å². The average Bonchev–Trinajstić information content (AvgIpc) is 3.19. The molecule has 2 heterocycles. The topological polar surface area (TPSA) is 154 Å². The highest BCUT2D eigenvalue weighted by Gasteiger charge is 2.70. The van der Waals surface area contributed by atoms with Gasteiger partial charge in [0.25, 0.3) is 11.8 Å². The number of nitrogens with one attached hydrogen (secondary N) is 4.